The van der Waals surface area contributed by atoms with Crippen LogP contribution < -0.4 is 5.32 Å². The number of likely N-dealkylation sites (N-methyl/N-ethyl adjacent to an activating group) is 1. The Morgan fingerprint density at radius 2 is 1.60 bits per heavy atom. The monoisotopic (exact) mass is 656 g/mol. The third-order valence-electron chi connectivity index (χ3n) is 16.6. The molecule has 48 heavy (non-hydrogen) atoms. The molecule has 0 spiro atoms. The van der Waals surface area contributed by atoms with Gasteiger partial charge in [0.05, 0.1) is 5.56 Å². The summed E-state index contributed by atoms with van der Waals surface area (Å²) >= 11 is 0. The quantitative estimate of drug-likeness (QED) is 0.288. The van der Waals surface area contributed by atoms with E-state index in [-0.39, 0.29) is 16.4 Å². The molecule has 9 atom stereocenters. The molecule has 4 saturated carbocycles. The van der Waals surface area contributed by atoms with Crippen LogP contribution >= 0.6 is 0 Å². The van der Waals surface area contributed by atoms with Gasteiger partial charge in [0.15, 0.2) is 0 Å². The van der Waals surface area contributed by atoms with Crippen molar-refractivity contribution in [3.8, 4) is 0 Å². The minimum Gasteiger partial charge on any atom is -0.478 e. The lowest BCUT2D eigenvalue weighted by atomic mass is 9.33. The van der Waals surface area contributed by atoms with E-state index in [0.29, 0.717) is 34.1 Å². The molecule has 0 aromatic heterocycles. The maximum atomic E-state index is 11.6. The predicted octanol–water partition coefficient (Wildman–Crippen LogP) is 8.63. The van der Waals surface area contributed by atoms with Crippen LogP contribution in [0.2, 0.25) is 0 Å². The molecule has 0 unspecified atom stereocenters. The van der Waals surface area contributed by atoms with Gasteiger partial charge in [0.1, 0.15) is 0 Å². The Morgan fingerprint density at radius 3 is 2.27 bits per heavy atom. The first-order chi connectivity index (χ1) is 22.7. The van der Waals surface area contributed by atoms with E-state index >= 15 is 0 Å². The fraction of sp³-hybridized carbons (Fsp3) is 0.744. The van der Waals surface area contributed by atoms with Gasteiger partial charge in [-0.1, -0.05) is 65.0 Å². The minimum absolute atomic E-state index is 0.0444. The van der Waals surface area contributed by atoms with E-state index in [1.165, 1.54) is 101 Å². The average Bonchev–Trinajstić information content (AvgIpc) is 3.42. The topological polar surface area (TPSA) is 55.8 Å². The number of carboxylic acids is 1. The van der Waals surface area contributed by atoms with Crippen molar-refractivity contribution in [1.29, 1.82) is 0 Å². The largest absolute Gasteiger partial charge is 0.478 e. The van der Waals surface area contributed by atoms with E-state index in [1.54, 1.807) is 12.1 Å². The van der Waals surface area contributed by atoms with Crippen LogP contribution in [0, 0.1) is 51.2 Å². The Bertz CT molecular complexity index is 1440. The third-order valence-corrected chi connectivity index (χ3v) is 16.6. The summed E-state index contributed by atoms with van der Waals surface area (Å²) in [5.41, 5.74) is 5.68. The van der Waals surface area contributed by atoms with Crippen LogP contribution in [0.1, 0.15) is 115 Å². The molecule has 7 rings (SSSR count). The standard InChI is InChI=1S/C43H65N3O2/c1-29(2)32-15-20-43(44-23-24-46-27-25-45(8)26-28-46)22-21-41(6)34(37(32)43)13-14-36-40(5)18-16-33(30-9-11-31(12-10-30)38(47)48)39(3,4)35(40)17-19-42(36,41)7/h9-12,16,32,34-37,44H,1,13-15,17-28H2,2-8H3,(H,47,48)/t32-,34+,35-,36+,37+,40-,41+,42+,43-/m0/s1. The van der Waals surface area contributed by atoms with Gasteiger partial charge in [0.2, 0.25) is 0 Å². The molecule has 0 radical (unpaired) electrons. The number of carbonyl (C=O) groups is 1. The molecule has 264 valence electrons. The third kappa shape index (κ3) is 5.14. The lowest BCUT2D eigenvalue weighted by molar-refractivity contribution is -0.219. The Hall–Kier alpha value is -1.95. The number of benzene rings is 1. The second kappa shape index (κ2) is 12.1. The van der Waals surface area contributed by atoms with E-state index in [0.717, 1.165) is 24.8 Å². The summed E-state index contributed by atoms with van der Waals surface area (Å²) in [6, 6.07) is 7.67. The van der Waals surface area contributed by atoms with Crippen molar-refractivity contribution in [2.24, 2.45) is 51.2 Å². The molecule has 5 fully saturated rings. The van der Waals surface area contributed by atoms with E-state index in [2.05, 4.69) is 76.4 Å². The molecule has 1 aliphatic heterocycles. The van der Waals surface area contributed by atoms with Crippen LogP contribution in [0.3, 0.4) is 0 Å². The zero-order chi connectivity index (χ0) is 34.3. The van der Waals surface area contributed by atoms with Crippen LogP contribution in [0.25, 0.3) is 5.57 Å². The van der Waals surface area contributed by atoms with Gasteiger partial charge >= 0.3 is 5.97 Å². The van der Waals surface area contributed by atoms with Crippen molar-refractivity contribution in [2.75, 3.05) is 46.3 Å². The minimum atomic E-state index is -0.852. The summed E-state index contributed by atoms with van der Waals surface area (Å²) in [5, 5.41) is 13.8. The van der Waals surface area contributed by atoms with Crippen molar-refractivity contribution < 1.29 is 9.90 Å². The number of nitrogens with zero attached hydrogens (tertiary/aromatic N) is 2. The van der Waals surface area contributed by atoms with Crippen LogP contribution in [0.4, 0.5) is 0 Å². The second-order valence-electron chi connectivity index (χ2n) is 18.8. The Labute approximate surface area is 292 Å². The summed E-state index contributed by atoms with van der Waals surface area (Å²) in [5.74, 6) is 2.59. The van der Waals surface area contributed by atoms with Gasteiger partial charge in [-0.3, -0.25) is 4.90 Å². The molecular weight excluding hydrogens is 590 g/mol. The average molecular weight is 656 g/mol. The molecule has 2 N–H and O–H groups in total. The molecule has 5 nitrogen and oxygen atoms in total. The maximum Gasteiger partial charge on any atom is 0.335 e. The molecule has 5 aliphatic carbocycles. The molecule has 0 amide bonds. The van der Waals surface area contributed by atoms with Crippen molar-refractivity contribution in [1.82, 2.24) is 15.1 Å². The van der Waals surface area contributed by atoms with Crippen LogP contribution in [0.5, 0.6) is 0 Å². The van der Waals surface area contributed by atoms with Crippen molar-refractivity contribution in [3.05, 3.63) is 53.6 Å². The van der Waals surface area contributed by atoms with E-state index in [1.807, 2.05) is 12.1 Å². The lowest BCUT2D eigenvalue weighted by Gasteiger charge is -2.72. The highest BCUT2D eigenvalue weighted by Gasteiger charge is 2.70. The molecule has 6 aliphatic rings. The van der Waals surface area contributed by atoms with Gasteiger partial charge in [-0.15, -0.1) is 0 Å². The normalized spacial score (nSPS) is 42.6. The molecular formula is C43H65N3O2. The Balaban J connectivity index is 1.15. The predicted molar refractivity (Wildman–Crippen MR) is 198 cm³/mol. The fourth-order valence-electron chi connectivity index (χ4n) is 13.9. The Kier molecular flexibility index (Phi) is 8.69. The lowest BCUT2D eigenvalue weighted by Crippen LogP contribution is -2.68. The van der Waals surface area contributed by atoms with E-state index < -0.39 is 5.97 Å². The van der Waals surface area contributed by atoms with Crippen LogP contribution in [-0.4, -0.2) is 72.7 Å². The van der Waals surface area contributed by atoms with Gasteiger partial charge in [-0.05, 0) is 146 Å². The summed E-state index contributed by atoms with van der Waals surface area (Å²) in [6.07, 6.45) is 14.3. The number of rotatable bonds is 7. The number of allylic oxidation sites excluding steroid dienone is 3. The summed E-state index contributed by atoms with van der Waals surface area (Å²) in [7, 11) is 2.25. The summed E-state index contributed by atoms with van der Waals surface area (Å²) in [6.45, 7) is 27.2. The molecule has 1 aromatic rings. The molecule has 1 heterocycles. The van der Waals surface area contributed by atoms with Gasteiger partial charge in [0.25, 0.3) is 0 Å². The van der Waals surface area contributed by atoms with Crippen LogP contribution in [-0.2, 0) is 0 Å². The van der Waals surface area contributed by atoms with Crippen molar-refractivity contribution in [3.63, 3.8) is 0 Å². The molecule has 5 heteroatoms. The number of piperazine rings is 1. The zero-order valence-corrected chi connectivity index (χ0v) is 31.3. The fourth-order valence-corrected chi connectivity index (χ4v) is 13.9. The first-order valence-corrected chi connectivity index (χ1v) is 19.5. The van der Waals surface area contributed by atoms with Crippen LogP contribution in [0.15, 0.2) is 42.5 Å². The molecule has 1 aromatic carbocycles. The van der Waals surface area contributed by atoms with E-state index in [9.17, 15) is 9.90 Å². The highest BCUT2D eigenvalue weighted by Crippen LogP contribution is 2.76. The summed E-state index contributed by atoms with van der Waals surface area (Å²) < 4.78 is 0. The summed E-state index contributed by atoms with van der Waals surface area (Å²) in [4.78, 5) is 16.7. The molecule has 0 bridgehead atoms. The number of aromatic carboxylic acids is 1. The molecule has 1 saturated heterocycles. The number of fused-ring (bicyclic) bond motifs is 7. The maximum absolute atomic E-state index is 11.6. The Morgan fingerprint density at radius 1 is 0.896 bits per heavy atom. The van der Waals surface area contributed by atoms with Gasteiger partial charge in [0, 0.05) is 44.8 Å². The van der Waals surface area contributed by atoms with Gasteiger partial charge < -0.3 is 15.3 Å². The first kappa shape index (κ1) is 34.5. The van der Waals surface area contributed by atoms with Gasteiger partial charge in [-0.25, -0.2) is 4.79 Å². The second-order valence-corrected chi connectivity index (χ2v) is 18.8. The van der Waals surface area contributed by atoms with E-state index in [4.69, 9.17) is 0 Å². The number of nitrogens with one attached hydrogen (secondary N) is 1. The van der Waals surface area contributed by atoms with Gasteiger partial charge in [-0.2, -0.15) is 0 Å². The zero-order valence-electron chi connectivity index (χ0n) is 31.3. The number of carboxylic acid groups (broad SMARTS) is 1. The van der Waals surface area contributed by atoms with Crippen molar-refractivity contribution >= 4 is 11.5 Å². The number of hydrogen-bond donors (Lipinski definition) is 2. The number of hydrogen-bond acceptors (Lipinski definition) is 4. The highest BCUT2D eigenvalue weighted by atomic mass is 16.4. The highest BCUT2D eigenvalue weighted by molar-refractivity contribution is 5.88. The first-order valence-electron chi connectivity index (χ1n) is 19.5. The smallest absolute Gasteiger partial charge is 0.335 e. The SMILES string of the molecule is C=C(C)[C@@H]1CC[C@]2(NCCN3CCN(C)CC3)CC[C@]3(C)[C@H](CC[C@@H]4[C@@]5(C)CC=C(c6ccc(C(=O)O)cc6)C(C)(C)[C@@H]5CC[C@]43C)[C@@H]12. The van der Waals surface area contributed by atoms with Crippen molar-refractivity contribution in [2.45, 2.75) is 105 Å².